The van der Waals surface area contributed by atoms with Gasteiger partial charge in [-0.25, -0.2) is 17.9 Å². The van der Waals surface area contributed by atoms with Gasteiger partial charge in [-0.05, 0) is 12.1 Å². The summed E-state index contributed by atoms with van der Waals surface area (Å²) in [6, 6.07) is 2.74. The molecule has 0 aromatic carbocycles. The van der Waals surface area contributed by atoms with E-state index in [2.05, 4.69) is 15.3 Å². The lowest BCUT2D eigenvalue weighted by atomic mass is 10.2. The predicted molar refractivity (Wildman–Crippen MR) is 64.3 cm³/mol. The van der Waals surface area contributed by atoms with E-state index in [0.29, 0.717) is 0 Å². The Hall–Kier alpha value is -2.29. The van der Waals surface area contributed by atoms with Crippen LogP contribution in [0.25, 0.3) is 11.4 Å². The molecule has 9 heteroatoms. The third-order valence-corrected chi connectivity index (χ3v) is 3.53. The Balaban J connectivity index is 2.52. The van der Waals surface area contributed by atoms with Gasteiger partial charge in [0.25, 0.3) is 0 Å². The van der Waals surface area contributed by atoms with Crippen LogP contribution in [-0.2, 0) is 16.9 Å². The summed E-state index contributed by atoms with van der Waals surface area (Å²) in [5, 5.41) is 16.4. The molecule has 8 nitrogen and oxygen atoms in total. The molecule has 2 aromatic heterocycles. The molecule has 2 rings (SSSR count). The van der Waals surface area contributed by atoms with Crippen molar-refractivity contribution in [3.63, 3.8) is 0 Å². The lowest BCUT2D eigenvalue weighted by Gasteiger charge is -2.01. The van der Waals surface area contributed by atoms with E-state index in [1.54, 1.807) is 0 Å². The summed E-state index contributed by atoms with van der Waals surface area (Å²) in [4.78, 5) is 15.0. The Labute approximate surface area is 108 Å². The normalized spacial score (nSPS) is 11.5. The van der Waals surface area contributed by atoms with Crippen molar-refractivity contribution in [1.29, 1.82) is 0 Å². The zero-order valence-corrected chi connectivity index (χ0v) is 10.9. The van der Waals surface area contributed by atoms with Gasteiger partial charge in [0.1, 0.15) is 5.69 Å². The first-order chi connectivity index (χ1) is 8.80. The lowest BCUT2D eigenvalue weighted by Crippen LogP contribution is -2.07. The Morgan fingerprint density at radius 2 is 2.05 bits per heavy atom. The van der Waals surface area contributed by atoms with E-state index in [9.17, 15) is 13.2 Å². The van der Waals surface area contributed by atoms with Crippen molar-refractivity contribution in [1.82, 2.24) is 20.0 Å². The zero-order chi connectivity index (χ0) is 14.2. The van der Waals surface area contributed by atoms with E-state index >= 15 is 0 Å². The molecule has 0 aliphatic heterocycles. The number of hydrogen-bond acceptors (Lipinski definition) is 6. The number of hydrogen-bond donors (Lipinski definition) is 1. The van der Waals surface area contributed by atoms with Crippen molar-refractivity contribution in [2.75, 3.05) is 6.26 Å². The average molecular weight is 282 g/mol. The van der Waals surface area contributed by atoms with Crippen LogP contribution in [0.3, 0.4) is 0 Å². The van der Waals surface area contributed by atoms with Crippen molar-refractivity contribution in [3.05, 3.63) is 24.0 Å². The van der Waals surface area contributed by atoms with Crippen LogP contribution in [-0.4, -0.2) is 45.7 Å². The smallest absolute Gasteiger partial charge is 0.356 e. The van der Waals surface area contributed by atoms with E-state index in [1.165, 1.54) is 19.2 Å². The molecule has 0 unspecified atom stereocenters. The van der Waals surface area contributed by atoms with Crippen molar-refractivity contribution in [2.45, 2.75) is 4.90 Å². The van der Waals surface area contributed by atoms with Gasteiger partial charge < -0.3 is 5.11 Å². The van der Waals surface area contributed by atoms with Gasteiger partial charge in [0.2, 0.25) is 0 Å². The van der Waals surface area contributed by atoms with Crippen LogP contribution < -0.4 is 0 Å². The molecule has 0 fully saturated rings. The van der Waals surface area contributed by atoms with Crippen molar-refractivity contribution in [3.8, 4) is 11.4 Å². The fourth-order valence-electron chi connectivity index (χ4n) is 1.51. The fraction of sp³-hybridized carbons (Fsp3) is 0.200. The zero-order valence-electron chi connectivity index (χ0n) is 10.1. The first kappa shape index (κ1) is 13.1. The van der Waals surface area contributed by atoms with Crippen LogP contribution in [0.4, 0.5) is 0 Å². The Bertz CT molecular complexity index is 733. The number of carboxylic acids is 1. The van der Waals surface area contributed by atoms with E-state index in [0.717, 1.165) is 17.1 Å². The molecule has 0 saturated heterocycles. The molecule has 0 bridgehead atoms. The van der Waals surface area contributed by atoms with Crippen LogP contribution in [0.15, 0.2) is 23.2 Å². The maximum atomic E-state index is 11.3. The van der Waals surface area contributed by atoms with Gasteiger partial charge in [-0.1, -0.05) is 5.21 Å². The first-order valence-corrected chi connectivity index (χ1v) is 6.99. The number of carboxylic acid groups (broad SMARTS) is 1. The lowest BCUT2D eigenvalue weighted by molar-refractivity contribution is 0.0686. The molecule has 2 heterocycles. The standard InChI is InChI=1S/C10H10N4O4S/c1-14-9(10(15)16)8(12-13-14)7-4-3-6(5-11-7)19(2,17)18/h3-5H,1-2H3,(H,15,16). The maximum absolute atomic E-state index is 11.3. The SMILES string of the molecule is Cn1nnc(-c2ccc(S(C)(=O)=O)cn2)c1C(=O)O. The van der Waals surface area contributed by atoms with Crippen LogP contribution in [0, 0.1) is 0 Å². The summed E-state index contributed by atoms with van der Waals surface area (Å²) in [6.45, 7) is 0. The van der Waals surface area contributed by atoms with Crippen LogP contribution in [0.1, 0.15) is 10.5 Å². The third-order valence-electron chi connectivity index (χ3n) is 2.44. The predicted octanol–water partition coefficient (Wildman–Crippen LogP) is -0.0212. The van der Waals surface area contributed by atoms with Gasteiger partial charge in [0, 0.05) is 19.5 Å². The average Bonchev–Trinajstić information content (AvgIpc) is 2.70. The molecule has 0 atom stereocenters. The van der Waals surface area contributed by atoms with Crippen LogP contribution >= 0.6 is 0 Å². The molecule has 100 valence electrons. The number of nitrogens with zero attached hydrogens (tertiary/aromatic N) is 4. The van der Waals surface area contributed by atoms with E-state index < -0.39 is 15.8 Å². The van der Waals surface area contributed by atoms with Gasteiger partial charge in [-0.2, -0.15) is 0 Å². The summed E-state index contributed by atoms with van der Waals surface area (Å²) < 4.78 is 23.7. The molecule has 1 N–H and O–H groups in total. The van der Waals surface area contributed by atoms with Gasteiger partial charge in [-0.3, -0.25) is 4.98 Å². The number of rotatable bonds is 3. The number of sulfone groups is 1. The van der Waals surface area contributed by atoms with E-state index in [1.807, 2.05) is 0 Å². The quantitative estimate of drug-likeness (QED) is 0.841. The van der Waals surface area contributed by atoms with Crippen molar-refractivity contribution in [2.24, 2.45) is 7.05 Å². The minimum atomic E-state index is -3.34. The first-order valence-electron chi connectivity index (χ1n) is 5.10. The minimum absolute atomic E-state index is 0.0528. The van der Waals surface area contributed by atoms with Gasteiger partial charge in [0.15, 0.2) is 15.5 Å². The molecule has 0 aliphatic rings. The highest BCUT2D eigenvalue weighted by Gasteiger charge is 2.20. The minimum Gasteiger partial charge on any atom is -0.476 e. The van der Waals surface area contributed by atoms with E-state index in [4.69, 9.17) is 5.11 Å². The van der Waals surface area contributed by atoms with Gasteiger partial charge >= 0.3 is 5.97 Å². The summed E-state index contributed by atoms with van der Waals surface area (Å²) in [5.41, 5.74) is 0.229. The summed E-state index contributed by atoms with van der Waals surface area (Å²) in [5.74, 6) is -1.18. The number of aromatic nitrogens is 4. The fourth-order valence-corrected chi connectivity index (χ4v) is 2.07. The summed E-state index contributed by atoms with van der Waals surface area (Å²) in [7, 11) is -1.89. The molecule has 19 heavy (non-hydrogen) atoms. The molecule has 0 saturated carbocycles. The second kappa shape index (κ2) is 4.43. The number of pyridine rings is 1. The molecular formula is C10H10N4O4S. The Morgan fingerprint density at radius 1 is 1.37 bits per heavy atom. The van der Waals surface area contributed by atoms with Crippen molar-refractivity contribution < 1.29 is 18.3 Å². The Morgan fingerprint density at radius 3 is 2.53 bits per heavy atom. The highest BCUT2D eigenvalue weighted by atomic mass is 32.2. The molecular weight excluding hydrogens is 272 g/mol. The third kappa shape index (κ3) is 2.45. The van der Waals surface area contributed by atoms with Gasteiger partial charge in [0.05, 0.1) is 10.6 Å². The monoisotopic (exact) mass is 282 g/mol. The molecule has 0 amide bonds. The number of carbonyl (C=O) groups is 1. The molecule has 2 aromatic rings. The molecule has 0 aliphatic carbocycles. The van der Waals surface area contributed by atoms with Crippen molar-refractivity contribution >= 4 is 15.8 Å². The molecule has 0 spiro atoms. The van der Waals surface area contributed by atoms with Gasteiger partial charge in [-0.15, -0.1) is 5.10 Å². The van der Waals surface area contributed by atoms with Crippen LogP contribution in [0.2, 0.25) is 0 Å². The topological polar surface area (TPSA) is 115 Å². The summed E-state index contributed by atoms with van der Waals surface area (Å²) in [6.07, 6.45) is 2.22. The largest absolute Gasteiger partial charge is 0.476 e. The molecule has 0 radical (unpaired) electrons. The summed E-state index contributed by atoms with van der Waals surface area (Å²) >= 11 is 0. The van der Waals surface area contributed by atoms with E-state index in [-0.39, 0.29) is 22.0 Å². The maximum Gasteiger partial charge on any atom is 0.356 e. The highest BCUT2D eigenvalue weighted by Crippen LogP contribution is 2.19. The number of aromatic carboxylic acids is 1. The Kier molecular flexibility index (Phi) is 3.06. The second-order valence-corrected chi connectivity index (χ2v) is 5.88. The number of aryl methyl sites for hydroxylation is 1. The second-order valence-electron chi connectivity index (χ2n) is 3.87. The van der Waals surface area contributed by atoms with Crippen LogP contribution in [0.5, 0.6) is 0 Å². The highest BCUT2D eigenvalue weighted by molar-refractivity contribution is 7.90.